The third-order valence-corrected chi connectivity index (χ3v) is 6.65. The smallest absolute Gasteiger partial charge is 0.389 e. The van der Waals surface area contributed by atoms with Crippen molar-refractivity contribution in [1.29, 1.82) is 0 Å². The molecule has 11 nitrogen and oxygen atoms in total. The fourth-order valence-corrected chi connectivity index (χ4v) is 4.21. The largest absolute Gasteiger partial charge is 0.487 e. The van der Waals surface area contributed by atoms with Crippen LogP contribution in [0.1, 0.15) is 48.5 Å². The molecular formula is C26H34F3N5O6. The number of halogens is 3. The Morgan fingerprint density at radius 3 is 2.58 bits per heavy atom. The molecule has 0 saturated heterocycles. The Labute approximate surface area is 229 Å². The number of aliphatic hydroxyl groups is 1. The van der Waals surface area contributed by atoms with Gasteiger partial charge in [0.05, 0.1) is 31.2 Å². The number of nitrogens with zero attached hydrogens (tertiary/aromatic N) is 3. The molecule has 0 saturated carbocycles. The number of aliphatic hydroxyl groups excluding tert-OH is 1. The van der Waals surface area contributed by atoms with Crippen molar-refractivity contribution in [3.8, 4) is 5.75 Å². The molecule has 0 unspecified atom stereocenters. The van der Waals surface area contributed by atoms with Crippen molar-refractivity contribution in [2.45, 2.75) is 58.9 Å². The molecule has 1 aromatic heterocycles. The number of nitrogens with one attached hydrogen (secondary N) is 2. The average molecular weight is 570 g/mol. The third kappa shape index (κ3) is 7.64. The SMILES string of the molecule is Cc1noc(C)c1NC(=O)N(C)C[C@H]1Oc2ccc(NC(=O)CCC(F)(F)F)cc2C(=O)N([C@H](C)CO)C[C@@H]1C. The predicted octanol–water partition coefficient (Wildman–Crippen LogP) is 3.96. The molecule has 1 aliphatic rings. The fourth-order valence-electron chi connectivity index (χ4n) is 4.21. The second-order valence-corrected chi connectivity index (χ2v) is 10.0. The Hall–Kier alpha value is -3.81. The molecule has 2 aromatic rings. The molecular weight excluding hydrogens is 535 g/mol. The van der Waals surface area contributed by atoms with Crippen molar-refractivity contribution >= 4 is 29.2 Å². The van der Waals surface area contributed by atoms with Crippen LogP contribution in [0.5, 0.6) is 5.75 Å². The number of amides is 4. The molecule has 0 aliphatic carbocycles. The highest BCUT2D eigenvalue weighted by Crippen LogP contribution is 2.31. The third-order valence-electron chi connectivity index (χ3n) is 6.65. The number of ether oxygens (including phenoxy) is 1. The lowest BCUT2D eigenvalue weighted by Crippen LogP contribution is -2.50. The summed E-state index contributed by atoms with van der Waals surface area (Å²) in [5.74, 6) is -0.976. The standard InChI is InChI=1S/C26H34F3N5O6/c1-14-11-34(15(2)13-35)24(37)19-10-18(30-22(36)8-9-26(27,28)29)6-7-20(19)39-21(14)12-33(5)25(38)31-23-16(3)32-40-17(23)4/h6-7,10,14-15,21,35H,8-9,11-13H2,1-5H3,(H,30,36)(H,31,38)/t14-,15+,21+/m0/s1. The van der Waals surface area contributed by atoms with E-state index in [9.17, 15) is 32.7 Å². The second-order valence-electron chi connectivity index (χ2n) is 10.0. The minimum Gasteiger partial charge on any atom is -0.487 e. The normalized spacial score (nSPS) is 18.2. The van der Waals surface area contributed by atoms with Gasteiger partial charge in [0.1, 0.15) is 23.2 Å². The number of hydrogen-bond acceptors (Lipinski definition) is 7. The first kappa shape index (κ1) is 30.7. The average Bonchev–Trinajstić information content (AvgIpc) is 3.20. The maximum atomic E-state index is 13.5. The highest BCUT2D eigenvalue weighted by molar-refractivity contribution is 6.00. The Morgan fingerprint density at radius 2 is 1.98 bits per heavy atom. The van der Waals surface area contributed by atoms with Crippen molar-refractivity contribution in [2.24, 2.45) is 5.92 Å². The number of carbonyl (C=O) groups excluding carboxylic acids is 3. The molecule has 3 N–H and O–H groups in total. The van der Waals surface area contributed by atoms with Gasteiger partial charge in [-0.2, -0.15) is 13.2 Å². The first-order chi connectivity index (χ1) is 18.7. The van der Waals surface area contributed by atoms with Crippen LogP contribution in [-0.2, 0) is 4.79 Å². The number of aromatic nitrogens is 1. The molecule has 220 valence electrons. The van der Waals surface area contributed by atoms with Crippen LogP contribution in [-0.4, -0.2) is 83.0 Å². The van der Waals surface area contributed by atoms with Gasteiger partial charge in [-0.3, -0.25) is 9.59 Å². The van der Waals surface area contributed by atoms with Crippen LogP contribution in [0.15, 0.2) is 22.7 Å². The van der Waals surface area contributed by atoms with Crippen molar-refractivity contribution in [2.75, 3.05) is 37.4 Å². The van der Waals surface area contributed by atoms with E-state index in [4.69, 9.17) is 9.26 Å². The highest BCUT2D eigenvalue weighted by Gasteiger charge is 2.34. The lowest BCUT2D eigenvalue weighted by atomic mass is 9.99. The van der Waals surface area contributed by atoms with Gasteiger partial charge in [0.2, 0.25) is 5.91 Å². The van der Waals surface area contributed by atoms with Crippen LogP contribution in [0.25, 0.3) is 0 Å². The van der Waals surface area contributed by atoms with E-state index in [-0.39, 0.29) is 42.6 Å². The Morgan fingerprint density at radius 1 is 1.27 bits per heavy atom. The zero-order valence-corrected chi connectivity index (χ0v) is 23.0. The number of benzene rings is 1. The molecule has 0 bridgehead atoms. The zero-order chi connectivity index (χ0) is 29.8. The summed E-state index contributed by atoms with van der Waals surface area (Å²) in [4.78, 5) is 41.4. The number of rotatable bonds is 8. The van der Waals surface area contributed by atoms with Crippen molar-refractivity contribution in [3.63, 3.8) is 0 Å². The number of urea groups is 1. The molecule has 3 rings (SSSR count). The second kappa shape index (κ2) is 12.6. The van der Waals surface area contributed by atoms with E-state index in [1.165, 1.54) is 28.0 Å². The number of alkyl halides is 3. The maximum absolute atomic E-state index is 13.5. The number of aryl methyl sites for hydroxylation is 2. The molecule has 40 heavy (non-hydrogen) atoms. The zero-order valence-electron chi connectivity index (χ0n) is 23.0. The Balaban J connectivity index is 1.85. The van der Waals surface area contributed by atoms with E-state index in [1.807, 2.05) is 6.92 Å². The first-order valence-corrected chi connectivity index (χ1v) is 12.7. The van der Waals surface area contributed by atoms with Gasteiger partial charge in [-0.15, -0.1) is 0 Å². The molecule has 0 radical (unpaired) electrons. The van der Waals surface area contributed by atoms with Gasteiger partial charge >= 0.3 is 12.2 Å². The monoisotopic (exact) mass is 569 g/mol. The minimum absolute atomic E-state index is 0.0636. The van der Waals surface area contributed by atoms with E-state index < -0.39 is 49.0 Å². The van der Waals surface area contributed by atoms with Gasteiger partial charge in [-0.25, -0.2) is 4.79 Å². The molecule has 0 spiro atoms. The summed E-state index contributed by atoms with van der Waals surface area (Å²) < 4.78 is 48.8. The van der Waals surface area contributed by atoms with Gasteiger partial charge in [0, 0.05) is 31.6 Å². The van der Waals surface area contributed by atoms with Crippen molar-refractivity contribution in [3.05, 3.63) is 35.2 Å². The quantitative estimate of drug-likeness (QED) is 0.438. The number of hydrogen-bond donors (Lipinski definition) is 3. The highest BCUT2D eigenvalue weighted by atomic mass is 19.4. The van der Waals surface area contributed by atoms with Crippen molar-refractivity contribution < 1.29 is 41.9 Å². The summed E-state index contributed by atoms with van der Waals surface area (Å²) in [7, 11) is 1.59. The van der Waals surface area contributed by atoms with E-state index in [1.54, 1.807) is 27.8 Å². The van der Waals surface area contributed by atoms with Crippen LogP contribution >= 0.6 is 0 Å². The number of fused-ring (bicyclic) bond motifs is 1. The lowest BCUT2D eigenvalue weighted by molar-refractivity contribution is -0.142. The number of anilines is 2. The molecule has 4 amide bonds. The summed E-state index contributed by atoms with van der Waals surface area (Å²) >= 11 is 0. The molecule has 2 heterocycles. The number of likely N-dealkylation sites (N-methyl/N-ethyl adjacent to an activating group) is 1. The predicted molar refractivity (Wildman–Crippen MR) is 139 cm³/mol. The molecule has 3 atom stereocenters. The van der Waals surface area contributed by atoms with E-state index in [2.05, 4.69) is 15.8 Å². The van der Waals surface area contributed by atoms with Crippen LogP contribution in [0.4, 0.5) is 29.3 Å². The maximum Gasteiger partial charge on any atom is 0.389 e. The summed E-state index contributed by atoms with van der Waals surface area (Å²) in [6.45, 7) is 6.90. The van der Waals surface area contributed by atoms with Gasteiger partial charge < -0.3 is 34.8 Å². The summed E-state index contributed by atoms with van der Waals surface area (Å²) in [6.07, 6.45) is -7.10. The molecule has 14 heteroatoms. The van der Waals surface area contributed by atoms with Gasteiger partial charge in [-0.1, -0.05) is 12.1 Å². The van der Waals surface area contributed by atoms with Gasteiger partial charge in [0.15, 0.2) is 5.76 Å². The molecule has 0 fully saturated rings. The van der Waals surface area contributed by atoms with Crippen LogP contribution in [0.2, 0.25) is 0 Å². The molecule has 1 aromatic carbocycles. The fraction of sp³-hybridized carbons (Fsp3) is 0.538. The van der Waals surface area contributed by atoms with E-state index >= 15 is 0 Å². The van der Waals surface area contributed by atoms with Crippen molar-refractivity contribution in [1.82, 2.24) is 15.0 Å². The van der Waals surface area contributed by atoms with E-state index in [0.717, 1.165) is 0 Å². The van der Waals surface area contributed by atoms with Crippen LogP contribution in [0.3, 0.4) is 0 Å². The first-order valence-electron chi connectivity index (χ1n) is 12.7. The van der Waals surface area contributed by atoms with Gasteiger partial charge in [-0.05, 0) is 39.0 Å². The van der Waals surface area contributed by atoms with Crippen LogP contribution < -0.4 is 15.4 Å². The minimum atomic E-state index is -4.48. The number of carbonyl (C=O) groups is 3. The van der Waals surface area contributed by atoms with E-state index in [0.29, 0.717) is 17.1 Å². The Bertz CT molecular complexity index is 1210. The Kier molecular flexibility index (Phi) is 9.66. The summed E-state index contributed by atoms with van der Waals surface area (Å²) in [6, 6.07) is 3.22. The van der Waals surface area contributed by atoms with Crippen LogP contribution in [0, 0.1) is 19.8 Å². The molecule has 1 aliphatic heterocycles. The summed E-state index contributed by atoms with van der Waals surface area (Å²) in [5.41, 5.74) is 1.18. The van der Waals surface area contributed by atoms with Gasteiger partial charge in [0.25, 0.3) is 5.91 Å². The lowest BCUT2D eigenvalue weighted by Gasteiger charge is -2.38. The topological polar surface area (TPSA) is 137 Å². The summed E-state index contributed by atoms with van der Waals surface area (Å²) in [5, 5.41) is 18.8.